The van der Waals surface area contributed by atoms with Gasteiger partial charge in [0.2, 0.25) is 0 Å². The zero-order valence-corrected chi connectivity index (χ0v) is 17.6. The molecule has 2 aliphatic rings. The van der Waals surface area contributed by atoms with Gasteiger partial charge in [-0.1, -0.05) is 30.3 Å². The fraction of sp³-hybridized carbons (Fsp3) is 0.192. The van der Waals surface area contributed by atoms with Crippen LogP contribution in [0.2, 0.25) is 0 Å². The number of halogens is 1. The molecule has 5 nitrogen and oxygen atoms in total. The highest BCUT2D eigenvalue weighted by molar-refractivity contribution is 6.31. The highest BCUT2D eigenvalue weighted by Gasteiger charge is 2.24. The van der Waals surface area contributed by atoms with Crippen LogP contribution in [0.25, 0.3) is 5.57 Å². The average molecular weight is 429 g/mol. The molecule has 0 spiro atoms. The van der Waals surface area contributed by atoms with Crippen molar-refractivity contribution in [2.75, 3.05) is 29.0 Å². The van der Waals surface area contributed by atoms with E-state index in [0.717, 1.165) is 37.4 Å². The van der Waals surface area contributed by atoms with Gasteiger partial charge in [0, 0.05) is 48.8 Å². The number of fused-ring (bicyclic) bond motifs is 1. The van der Waals surface area contributed by atoms with Crippen LogP contribution in [0.3, 0.4) is 0 Å². The van der Waals surface area contributed by atoms with Crippen LogP contribution in [0.4, 0.5) is 21.5 Å². The van der Waals surface area contributed by atoms with Gasteiger partial charge in [0.15, 0.2) is 0 Å². The second kappa shape index (κ2) is 8.85. The maximum absolute atomic E-state index is 13.4. The number of hydrogen-bond donors (Lipinski definition) is 3. The first-order chi connectivity index (χ1) is 15.6. The van der Waals surface area contributed by atoms with Gasteiger partial charge < -0.3 is 16.0 Å². The number of carbonyl (C=O) groups is 1. The Morgan fingerprint density at radius 3 is 2.62 bits per heavy atom. The molecule has 1 saturated heterocycles. The second-order valence-electron chi connectivity index (χ2n) is 8.27. The van der Waals surface area contributed by atoms with Crippen molar-refractivity contribution in [1.29, 1.82) is 0 Å². The van der Waals surface area contributed by atoms with E-state index >= 15 is 0 Å². The Morgan fingerprint density at radius 1 is 1.03 bits per heavy atom. The molecule has 3 aromatic carbocycles. The summed E-state index contributed by atoms with van der Waals surface area (Å²) in [4.78, 5) is 14.7. The zero-order chi connectivity index (χ0) is 21.9. The molecule has 0 saturated carbocycles. The van der Waals surface area contributed by atoms with Crippen LogP contribution in [-0.2, 0) is 11.3 Å². The number of hydrogen-bond acceptors (Lipinski definition) is 4. The fourth-order valence-electron chi connectivity index (χ4n) is 4.30. The molecule has 0 bridgehead atoms. The van der Waals surface area contributed by atoms with Crippen LogP contribution in [0.5, 0.6) is 0 Å². The average Bonchev–Trinajstić information content (AvgIpc) is 3.36. The third-order valence-electron chi connectivity index (χ3n) is 5.92. The van der Waals surface area contributed by atoms with E-state index in [0.29, 0.717) is 22.9 Å². The quantitative estimate of drug-likeness (QED) is 0.488. The molecule has 0 radical (unpaired) electrons. The van der Waals surface area contributed by atoms with Gasteiger partial charge in [0.25, 0.3) is 5.91 Å². The summed E-state index contributed by atoms with van der Waals surface area (Å²) in [7, 11) is 0. The standard InChI is InChI=1S/C26H25FN4O/c27-19-6-11-23-24(26(32)30-25(23)14-19)15-28-20-7-9-21(10-8-20)29-22-12-13-31(17-22)16-18-4-2-1-3-5-18/h1-11,14-15,22,28-29H,12-13,16-17H2,(H,30,32)/b24-15-. The molecule has 1 atom stereocenters. The van der Waals surface area contributed by atoms with Gasteiger partial charge in [-0.15, -0.1) is 0 Å². The summed E-state index contributed by atoms with van der Waals surface area (Å²) in [6, 6.07) is 23.4. The Morgan fingerprint density at radius 2 is 1.81 bits per heavy atom. The van der Waals surface area contributed by atoms with E-state index in [2.05, 4.69) is 51.2 Å². The molecule has 1 amide bonds. The van der Waals surface area contributed by atoms with Gasteiger partial charge in [-0.2, -0.15) is 0 Å². The summed E-state index contributed by atoms with van der Waals surface area (Å²) in [5.41, 5.74) is 5.00. The lowest BCUT2D eigenvalue weighted by Crippen LogP contribution is -2.25. The number of anilines is 3. The first-order valence-corrected chi connectivity index (χ1v) is 10.8. The van der Waals surface area contributed by atoms with Crippen LogP contribution < -0.4 is 16.0 Å². The first-order valence-electron chi connectivity index (χ1n) is 10.8. The smallest absolute Gasteiger partial charge is 0.257 e. The maximum atomic E-state index is 13.4. The minimum atomic E-state index is -0.369. The molecular formula is C26H25FN4O. The number of carbonyl (C=O) groups excluding carboxylic acids is 1. The van der Waals surface area contributed by atoms with Crippen molar-refractivity contribution in [3.05, 3.63) is 95.9 Å². The van der Waals surface area contributed by atoms with Gasteiger partial charge in [0.05, 0.1) is 11.3 Å². The fourth-order valence-corrected chi connectivity index (χ4v) is 4.30. The summed E-state index contributed by atoms with van der Waals surface area (Å²) < 4.78 is 13.4. The highest BCUT2D eigenvalue weighted by Crippen LogP contribution is 2.32. The van der Waals surface area contributed by atoms with Crippen LogP contribution in [-0.4, -0.2) is 29.9 Å². The number of likely N-dealkylation sites (tertiary alicyclic amines) is 1. The van der Waals surface area contributed by atoms with Crippen LogP contribution in [0.15, 0.2) is 79.0 Å². The number of rotatable bonds is 6. The molecular weight excluding hydrogens is 403 g/mol. The largest absolute Gasteiger partial charge is 0.381 e. The van der Waals surface area contributed by atoms with E-state index in [1.54, 1.807) is 12.3 Å². The molecule has 32 heavy (non-hydrogen) atoms. The summed E-state index contributed by atoms with van der Waals surface area (Å²) >= 11 is 0. The van der Waals surface area contributed by atoms with Crippen molar-refractivity contribution < 1.29 is 9.18 Å². The van der Waals surface area contributed by atoms with Crippen molar-refractivity contribution >= 4 is 28.5 Å². The third-order valence-corrected chi connectivity index (χ3v) is 5.92. The third kappa shape index (κ3) is 4.50. The van der Waals surface area contributed by atoms with E-state index in [1.807, 2.05) is 24.3 Å². The van der Waals surface area contributed by atoms with E-state index in [4.69, 9.17) is 0 Å². The molecule has 162 valence electrons. The first kappa shape index (κ1) is 20.3. The minimum Gasteiger partial charge on any atom is -0.381 e. The highest BCUT2D eigenvalue weighted by atomic mass is 19.1. The van der Waals surface area contributed by atoms with Crippen molar-refractivity contribution in [2.45, 2.75) is 19.0 Å². The van der Waals surface area contributed by atoms with Gasteiger partial charge in [-0.05, 0) is 54.4 Å². The molecule has 1 fully saturated rings. The number of nitrogens with zero attached hydrogens (tertiary/aromatic N) is 1. The number of amides is 1. The van der Waals surface area contributed by atoms with Crippen LogP contribution >= 0.6 is 0 Å². The number of nitrogens with one attached hydrogen (secondary N) is 3. The predicted molar refractivity (Wildman–Crippen MR) is 127 cm³/mol. The maximum Gasteiger partial charge on any atom is 0.257 e. The lowest BCUT2D eigenvalue weighted by Gasteiger charge is -2.17. The Balaban J connectivity index is 1.17. The van der Waals surface area contributed by atoms with E-state index in [9.17, 15) is 9.18 Å². The molecule has 3 aromatic rings. The number of benzene rings is 3. The molecule has 2 heterocycles. The van der Waals surface area contributed by atoms with E-state index in [1.165, 1.54) is 17.7 Å². The lowest BCUT2D eigenvalue weighted by molar-refractivity contribution is -0.110. The Labute approximate surface area is 187 Å². The van der Waals surface area contributed by atoms with Crippen molar-refractivity contribution in [1.82, 2.24) is 4.90 Å². The summed E-state index contributed by atoms with van der Waals surface area (Å²) in [5.74, 6) is -0.607. The van der Waals surface area contributed by atoms with Crippen LogP contribution in [0, 0.1) is 5.82 Å². The molecule has 0 aliphatic carbocycles. The minimum absolute atomic E-state index is 0.238. The Bertz CT molecular complexity index is 1140. The van der Waals surface area contributed by atoms with E-state index < -0.39 is 0 Å². The topological polar surface area (TPSA) is 56.4 Å². The molecule has 1 unspecified atom stereocenters. The van der Waals surface area contributed by atoms with Gasteiger partial charge in [-0.3, -0.25) is 9.69 Å². The summed E-state index contributed by atoms with van der Waals surface area (Å²) in [6.45, 7) is 3.10. The Kier molecular flexibility index (Phi) is 5.60. The Hall–Kier alpha value is -3.64. The second-order valence-corrected chi connectivity index (χ2v) is 8.27. The van der Waals surface area contributed by atoms with Crippen molar-refractivity contribution in [3.8, 4) is 0 Å². The molecule has 3 N–H and O–H groups in total. The van der Waals surface area contributed by atoms with Crippen LogP contribution in [0.1, 0.15) is 17.5 Å². The van der Waals surface area contributed by atoms with Gasteiger partial charge in [0.1, 0.15) is 5.82 Å². The SMILES string of the molecule is O=C1Nc2cc(F)ccc2/C1=C/Nc1ccc(NC2CCN(Cc3ccccc3)C2)cc1. The lowest BCUT2D eigenvalue weighted by atomic mass is 10.1. The monoisotopic (exact) mass is 428 g/mol. The molecule has 2 aliphatic heterocycles. The summed E-state index contributed by atoms with van der Waals surface area (Å²) in [5, 5.41) is 9.49. The molecule has 5 rings (SSSR count). The predicted octanol–water partition coefficient (Wildman–Crippen LogP) is 4.92. The van der Waals surface area contributed by atoms with Gasteiger partial charge >= 0.3 is 0 Å². The van der Waals surface area contributed by atoms with E-state index in [-0.39, 0.29) is 11.7 Å². The normalized spacial score (nSPS) is 19.1. The molecule has 6 heteroatoms. The van der Waals surface area contributed by atoms with Gasteiger partial charge in [-0.25, -0.2) is 4.39 Å². The summed E-state index contributed by atoms with van der Waals surface area (Å²) in [6.07, 6.45) is 2.79. The van der Waals surface area contributed by atoms with Crippen molar-refractivity contribution in [3.63, 3.8) is 0 Å². The van der Waals surface area contributed by atoms with Crippen molar-refractivity contribution in [2.24, 2.45) is 0 Å². The molecule has 0 aromatic heterocycles. The zero-order valence-electron chi connectivity index (χ0n) is 17.6.